The SMILES string of the molecule is CCC(c1ncn(C(c2ccccc2)(c2ccccc2)c2ccccc2)n1)S(C)(=O)=O. The lowest BCUT2D eigenvalue weighted by molar-refractivity contribution is 0.454. The Morgan fingerprint density at radius 3 is 1.58 bits per heavy atom. The molecule has 5 nitrogen and oxygen atoms in total. The van der Waals surface area contributed by atoms with Gasteiger partial charge >= 0.3 is 0 Å². The summed E-state index contributed by atoms with van der Waals surface area (Å²) in [6, 6.07) is 30.3. The third-order valence-corrected chi connectivity index (χ3v) is 7.18. The van der Waals surface area contributed by atoms with E-state index in [2.05, 4.69) is 41.4 Å². The van der Waals surface area contributed by atoms with Crippen molar-refractivity contribution in [1.29, 1.82) is 0 Å². The standard InChI is InChI=1S/C25H25N3O2S/c1-3-23(31(2,29)30)24-26-19-28(27-24)25(20-13-7-4-8-14-20,21-15-9-5-10-16-21)22-17-11-6-12-18-22/h4-19,23H,3H2,1-2H3. The molecule has 4 aromatic rings. The molecule has 0 aliphatic carbocycles. The van der Waals surface area contributed by atoms with E-state index in [0.717, 1.165) is 16.7 Å². The van der Waals surface area contributed by atoms with E-state index < -0.39 is 20.6 Å². The second-order valence-electron chi connectivity index (χ2n) is 7.58. The third-order valence-electron chi connectivity index (χ3n) is 5.60. The highest BCUT2D eigenvalue weighted by Gasteiger charge is 2.40. The maximum Gasteiger partial charge on any atom is 0.168 e. The van der Waals surface area contributed by atoms with Crippen molar-refractivity contribution in [3.05, 3.63) is 120 Å². The Kier molecular flexibility index (Phi) is 5.74. The number of sulfone groups is 1. The Balaban J connectivity index is 2.05. The Morgan fingerprint density at radius 1 is 0.806 bits per heavy atom. The number of nitrogens with zero attached hydrogens (tertiary/aromatic N) is 3. The van der Waals surface area contributed by atoms with Gasteiger partial charge in [0.05, 0.1) is 0 Å². The van der Waals surface area contributed by atoms with Crippen LogP contribution in [0.4, 0.5) is 0 Å². The van der Waals surface area contributed by atoms with E-state index >= 15 is 0 Å². The normalized spacial score (nSPS) is 13.1. The molecule has 0 aliphatic rings. The summed E-state index contributed by atoms with van der Waals surface area (Å²) in [5.74, 6) is 0.317. The topological polar surface area (TPSA) is 64.8 Å². The third kappa shape index (κ3) is 3.79. The molecule has 0 saturated heterocycles. The second kappa shape index (κ2) is 8.47. The lowest BCUT2D eigenvalue weighted by Crippen LogP contribution is -2.38. The molecule has 0 spiro atoms. The highest BCUT2D eigenvalue weighted by molar-refractivity contribution is 7.90. The van der Waals surface area contributed by atoms with Crippen molar-refractivity contribution in [3.63, 3.8) is 0 Å². The fraction of sp³-hybridized carbons (Fsp3) is 0.200. The van der Waals surface area contributed by atoms with Gasteiger partial charge in [0.25, 0.3) is 0 Å². The average Bonchev–Trinajstić information content (AvgIpc) is 3.26. The summed E-state index contributed by atoms with van der Waals surface area (Å²) >= 11 is 0. The predicted octanol–water partition coefficient (Wildman–Crippen LogP) is 4.61. The van der Waals surface area contributed by atoms with Crippen LogP contribution < -0.4 is 0 Å². The number of rotatable bonds is 7. The summed E-state index contributed by atoms with van der Waals surface area (Å²) in [5.41, 5.74) is 2.23. The molecule has 3 aromatic carbocycles. The van der Waals surface area contributed by atoms with Crippen molar-refractivity contribution in [1.82, 2.24) is 14.8 Å². The molecular formula is C25H25N3O2S. The molecule has 31 heavy (non-hydrogen) atoms. The number of hydrogen-bond donors (Lipinski definition) is 0. The van der Waals surface area contributed by atoms with Gasteiger partial charge < -0.3 is 0 Å². The van der Waals surface area contributed by atoms with Gasteiger partial charge in [-0.05, 0) is 23.1 Å². The molecule has 1 aromatic heterocycles. The molecule has 0 bridgehead atoms. The van der Waals surface area contributed by atoms with Crippen molar-refractivity contribution in [2.45, 2.75) is 24.1 Å². The first-order valence-electron chi connectivity index (χ1n) is 10.3. The number of aromatic nitrogens is 3. The minimum absolute atomic E-state index is 0.317. The number of hydrogen-bond acceptors (Lipinski definition) is 4. The van der Waals surface area contributed by atoms with Gasteiger partial charge in [-0.25, -0.2) is 18.1 Å². The molecule has 1 unspecified atom stereocenters. The maximum absolute atomic E-state index is 12.3. The van der Waals surface area contributed by atoms with Crippen LogP contribution in [-0.4, -0.2) is 29.4 Å². The maximum atomic E-state index is 12.3. The Bertz CT molecular complexity index is 1140. The van der Waals surface area contributed by atoms with E-state index in [-0.39, 0.29) is 0 Å². The van der Waals surface area contributed by atoms with Crippen molar-refractivity contribution in [2.75, 3.05) is 6.26 Å². The molecule has 0 radical (unpaired) electrons. The van der Waals surface area contributed by atoms with Crippen molar-refractivity contribution >= 4 is 9.84 Å². The molecule has 4 rings (SSSR count). The van der Waals surface area contributed by atoms with E-state index in [1.807, 2.05) is 61.5 Å². The van der Waals surface area contributed by atoms with E-state index in [4.69, 9.17) is 5.10 Å². The zero-order valence-corrected chi connectivity index (χ0v) is 18.4. The van der Waals surface area contributed by atoms with Gasteiger partial charge in [-0.15, -0.1) is 0 Å². The van der Waals surface area contributed by atoms with Crippen molar-refractivity contribution in [2.24, 2.45) is 0 Å². The summed E-state index contributed by atoms with van der Waals surface area (Å²) in [7, 11) is -3.33. The Morgan fingerprint density at radius 2 is 1.23 bits per heavy atom. The highest BCUT2D eigenvalue weighted by atomic mass is 32.2. The fourth-order valence-electron chi connectivity index (χ4n) is 4.20. The fourth-order valence-corrected chi connectivity index (χ4v) is 5.29. The Hall–Kier alpha value is -3.25. The molecule has 0 fully saturated rings. The number of benzene rings is 3. The Labute approximate surface area is 183 Å². The van der Waals surface area contributed by atoms with E-state index in [9.17, 15) is 8.42 Å². The summed E-state index contributed by atoms with van der Waals surface area (Å²) < 4.78 is 26.5. The first-order valence-corrected chi connectivity index (χ1v) is 12.2. The molecule has 158 valence electrons. The van der Waals surface area contributed by atoms with Crippen LogP contribution in [0, 0.1) is 0 Å². The molecule has 0 saturated carbocycles. The highest BCUT2D eigenvalue weighted by Crippen LogP contribution is 2.40. The van der Waals surface area contributed by atoms with Crippen molar-refractivity contribution < 1.29 is 8.42 Å². The van der Waals surface area contributed by atoms with Crippen LogP contribution in [0.2, 0.25) is 0 Å². The van der Waals surface area contributed by atoms with E-state index in [1.54, 1.807) is 11.0 Å². The van der Waals surface area contributed by atoms with E-state index in [1.165, 1.54) is 6.26 Å². The first kappa shape index (κ1) is 21.0. The molecule has 0 amide bonds. The van der Waals surface area contributed by atoms with Crippen molar-refractivity contribution in [3.8, 4) is 0 Å². The van der Waals surface area contributed by atoms with Gasteiger partial charge in [-0.2, -0.15) is 5.10 Å². The molecular weight excluding hydrogens is 406 g/mol. The van der Waals surface area contributed by atoms with Gasteiger partial charge in [0.15, 0.2) is 15.7 Å². The van der Waals surface area contributed by atoms with Gasteiger partial charge in [0.1, 0.15) is 17.1 Å². The van der Waals surface area contributed by atoms with Crippen LogP contribution in [0.15, 0.2) is 97.3 Å². The second-order valence-corrected chi connectivity index (χ2v) is 9.81. The largest absolute Gasteiger partial charge is 0.233 e. The summed E-state index contributed by atoms with van der Waals surface area (Å²) in [6.07, 6.45) is 3.30. The van der Waals surface area contributed by atoms with Crippen LogP contribution in [0.1, 0.15) is 41.1 Å². The minimum atomic E-state index is -3.33. The van der Waals surface area contributed by atoms with Gasteiger partial charge in [-0.3, -0.25) is 0 Å². The molecule has 0 N–H and O–H groups in total. The van der Waals surface area contributed by atoms with Gasteiger partial charge in [-0.1, -0.05) is 97.9 Å². The van der Waals surface area contributed by atoms with Gasteiger partial charge in [0, 0.05) is 6.26 Å². The van der Waals surface area contributed by atoms with Crippen LogP contribution >= 0.6 is 0 Å². The smallest absolute Gasteiger partial charge is 0.168 e. The lowest BCUT2D eigenvalue weighted by Gasteiger charge is -2.35. The summed E-state index contributed by atoms with van der Waals surface area (Å²) in [5, 5.41) is 4.03. The van der Waals surface area contributed by atoms with E-state index in [0.29, 0.717) is 12.2 Å². The van der Waals surface area contributed by atoms with Crippen LogP contribution in [-0.2, 0) is 15.4 Å². The lowest BCUT2D eigenvalue weighted by atomic mass is 9.77. The first-order chi connectivity index (χ1) is 15.0. The molecule has 0 aliphatic heterocycles. The molecule has 1 atom stereocenters. The van der Waals surface area contributed by atoms with Gasteiger partial charge in [0.2, 0.25) is 0 Å². The summed E-state index contributed by atoms with van der Waals surface area (Å²) in [4.78, 5) is 4.47. The molecule has 6 heteroatoms. The zero-order valence-electron chi connectivity index (χ0n) is 17.6. The van der Waals surface area contributed by atoms with Crippen LogP contribution in [0.5, 0.6) is 0 Å². The quantitative estimate of drug-likeness (QED) is 0.401. The predicted molar refractivity (Wildman–Crippen MR) is 123 cm³/mol. The average molecular weight is 432 g/mol. The monoisotopic (exact) mass is 431 g/mol. The molecule has 1 heterocycles. The minimum Gasteiger partial charge on any atom is -0.233 e. The summed E-state index contributed by atoms with van der Waals surface area (Å²) in [6.45, 7) is 1.84. The van der Waals surface area contributed by atoms with Crippen LogP contribution in [0.25, 0.3) is 0 Å². The van der Waals surface area contributed by atoms with Crippen LogP contribution in [0.3, 0.4) is 0 Å². The zero-order chi connectivity index (χ0) is 21.9.